The van der Waals surface area contributed by atoms with E-state index in [1.807, 2.05) is 0 Å². The minimum Gasteiger partial charge on any atom is -0.303 e. The van der Waals surface area contributed by atoms with Crippen LogP contribution in [0.1, 0.15) is 39.0 Å². The van der Waals surface area contributed by atoms with E-state index in [0.717, 1.165) is 32.0 Å². The summed E-state index contributed by atoms with van der Waals surface area (Å²) in [5.74, 6) is 0.482. The maximum Gasteiger partial charge on any atom is 0.143 e. The first-order valence-corrected chi connectivity index (χ1v) is 4.76. The summed E-state index contributed by atoms with van der Waals surface area (Å²) in [6, 6.07) is 0. The molecule has 0 heterocycles. The molecule has 0 aliphatic heterocycles. The molecule has 0 spiro atoms. The van der Waals surface area contributed by atoms with E-state index in [1.54, 1.807) is 0 Å². The summed E-state index contributed by atoms with van der Waals surface area (Å²) in [4.78, 5) is 21.6. The largest absolute Gasteiger partial charge is 0.303 e. The van der Waals surface area contributed by atoms with E-state index in [2.05, 4.69) is 6.92 Å². The molecular weight excluding hydrogens is 152 g/mol. The lowest BCUT2D eigenvalue weighted by Crippen LogP contribution is -2.25. The van der Waals surface area contributed by atoms with Crippen molar-refractivity contribution in [1.82, 2.24) is 0 Å². The lowest BCUT2D eigenvalue weighted by molar-refractivity contribution is -0.130. The SMILES string of the molecule is CCCC1CCC(=O)C(C=O)C1. The molecule has 2 nitrogen and oxygen atoms in total. The van der Waals surface area contributed by atoms with Crippen LogP contribution in [0.3, 0.4) is 0 Å². The van der Waals surface area contributed by atoms with Crippen LogP contribution in [0.25, 0.3) is 0 Å². The third-order valence-corrected chi connectivity index (χ3v) is 2.66. The Hall–Kier alpha value is -0.660. The predicted octanol–water partition coefficient (Wildman–Crippen LogP) is 1.97. The predicted molar refractivity (Wildman–Crippen MR) is 46.8 cm³/mol. The second-order valence-electron chi connectivity index (χ2n) is 3.64. The van der Waals surface area contributed by atoms with E-state index in [9.17, 15) is 9.59 Å². The molecule has 1 fully saturated rings. The maximum atomic E-state index is 11.1. The number of aldehydes is 1. The third kappa shape index (κ3) is 2.16. The fraction of sp³-hybridized carbons (Fsp3) is 0.800. The average Bonchev–Trinajstić information content (AvgIpc) is 2.09. The molecule has 0 N–H and O–H groups in total. The minimum atomic E-state index is -0.282. The number of hydrogen-bond acceptors (Lipinski definition) is 2. The highest BCUT2D eigenvalue weighted by atomic mass is 16.1. The van der Waals surface area contributed by atoms with Gasteiger partial charge in [0.2, 0.25) is 0 Å². The summed E-state index contributed by atoms with van der Waals surface area (Å²) in [5.41, 5.74) is 0. The molecule has 0 radical (unpaired) electrons. The van der Waals surface area contributed by atoms with Gasteiger partial charge in [-0.25, -0.2) is 0 Å². The topological polar surface area (TPSA) is 34.1 Å². The molecule has 0 aromatic carbocycles. The number of hydrogen-bond donors (Lipinski definition) is 0. The zero-order valence-corrected chi connectivity index (χ0v) is 7.58. The van der Waals surface area contributed by atoms with Gasteiger partial charge in [-0.1, -0.05) is 19.8 Å². The minimum absolute atomic E-state index is 0.150. The number of ketones is 1. The lowest BCUT2D eigenvalue weighted by atomic mass is 9.79. The van der Waals surface area contributed by atoms with E-state index in [0.29, 0.717) is 12.3 Å². The Labute approximate surface area is 73.3 Å². The van der Waals surface area contributed by atoms with Crippen LogP contribution in [-0.2, 0) is 9.59 Å². The van der Waals surface area contributed by atoms with Gasteiger partial charge < -0.3 is 4.79 Å². The molecular formula is C10H16O2. The van der Waals surface area contributed by atoms with Crippen molar-refractivity contribution in [3.05, 3.63) is 0 Å². The molecule has 2 unspecified atom stereocenters. The molecule has 0 aromatic rings. The average molecular weight is 168 g/mol. The van der Waals surface area contributed by atoms with E-state index >= 15 is 0 Å². The summed E-state index contributed by atoms with van der Waals surface area (Å²) >= 11 is 0. The third-order valence-electron chi connectivity index (χ3n) is 2.66. The molecule has 0 saturated heterocycles. The molecule has 0 amide bonds. The number of carbonyl (C=O) groups is 2. The van der Waals surface area contributed by atoms with Gasteiger partial charge in [0.15, 0.2) is 0 Å². The van der Waals surface area contributed by atoms with Crippen molar-refractivity contribution >= 4 is 12.1 Å². The van der Waals surface area contributed by atoms with Gasteiger partial charge in [-0.15, -0.1) is 0 Å². The number of carbonyl (C=O) groups excluding carboxylic acids is 2. The molecule has 12 heavy (non-hydrogen) atoms. The van der Waals surface area contributed by atoms with Crippen LogP contribution in [0, 0.1) is 11.8 Å². The van der Waals surface area contributed by atoms with Crippen molar-refractivity contribution in [3.63, 3.8) is 0 Å². The molecule has 1 saturated carbocycles. The number of Topliss-reactive ketones (excluding diaryl/α,β-unsaturated/α-hetero) is 1. The normalized spacial score (nSPS) is 30.2. The summed E-state index contributed by atoms with van der Waals surface area (Å²) < 4.78 is 0. The van der Waals surface area contributed by atoms with Crippen LogP contribution >= 0.6 is 0 Å². The Morgan fingerprint density at radius 2 is 2.33 bits per heavy atom. The van der Waals surface area contributed by atoms with E-state index in [1.165, 1.54) is 0 Å². The molecule has 1 aliphatic rings. The van der Waals surface area contributed by atoms with Gasteiger partial charge in [-0.05, 0) is 18.8 Å². The Morgan fingerprint density at radius 3 is 2.92 bits per heavy atom. The smallest absolute Gasteiger partial charge is 0.143 e. The molecule has 2 atom stereocenters. The van der Waals surface area contributed by atoms with Crippen molar-refractivity contribution in [2.24, 2.45) is 11.8 Å². The first kappa shape index (κ1) is 9.43. The first-order chi connectivity index (χ1) is 5.77. The molecule has 0 bridgehead atoms. The maximum absolute atomic E-state index is 11.1. The zero-order valence-electron chi connectivity index (χ0n) is 7.58. The molecule has 1 aliphatic carbocycles. The van der Waals surface area contributed by atoms with Gasteiger partial charge in [-0.3, -0.25) is 4.79 Å². The second-order valence-corrected chi connectivity index (χ2v) is 3.64. The van der Waals surface area contributed by atoms with Gasteiger partial charge in [-0.2, -0.15) is 0 Å². The van der Waals surface area contributed by atoms with Crippen LogP contribution in [-0.4, -0.2) is 12.1 Å². The van der Waals surface area contributed by atoms with E-state index in [4.69, 9.17) is 0 Å². The van der Waals surface area contributed by atoms with Crippen LogP contribution in [0.5, 0.6) is 0 Å². The lowest BCUT2D eigenvalue weighted by Gasteiger charge is -2.24. The van der Waals surface area contributed by atoms with Gasteiger partial charge >= 0.3 is 0 Å². The molecule has 1 rings (SSSR count). The van der Waals surface area contributed by atoms with Crippen LogP contribution in [0.4, 0.5) is 0 Å². The van der Waals surface area contributed by atoms with Gasteiger partial charge in [0.05, 0.1) is 5.92 Å². The summed E-state index contributed by atoms with van der Waals surface area (Å²) in [6.45, 7) is 2.15. The Bertz CT molecular complexity index is 175. The standard InChI is InChI=1S/C10H16O2/c1-2-3-8-4-5-10(12)9(6-8)7-11/h7-9H,2-6H2,1H3. The highest BCUT2D eigenvalue weighted by molar-refractivity contribution is 5.93. The summed E-state index contributed by atoms with van der Waals surface area (Å²) in [6.07, 6.45) is 5.56. The molecule has 0 aromatic heterocycles. The van der Waals surface area contributed by atoms with E-state index in [-0.39, 0.29) is 11.7 Å². The fourth-order valence-corrected chi connectivity index (χ4v) is 1.94. The van der Waals surface area contributed by atoms with Crippen LogP contribution < -0.4 is 0 Å². The van der Waals surface area contributed by atoms with Crippen LogP contribution in [0.2, 0.25) is 0 Å². The molecule has 68 valence electrons. The Morgan fingerprint density at radius 1 is 1.58 bits per heavy atom. The van der Waals surface area contributed by atoms with Gasteiger partial charge in [0, 0.05) is 6.42 Å². The summed E-state index contributed by atoms with van der Waals surface area (Å²) in [5, 5.41) is 0. The van der Waals surface area contributed by atoms with Crippen molar-refractivity contribution in [2.45, 2.75) is 39.0 Å². The zero-order chi connectivity index (χ0) is 8.97. The quantitative estimate of drug-likeness (QED) is 0.477. The number of rotatable bonds is 3. The molecule has 2 heteroatoms. The Kier molecular flexibility index (Phi) is 3.45. The monoisotopic (exact) mass is 168 g/mol. The van der Waals surface area contributed by atoms with Crippen molar-refractivity contribution in [3.8, 4) is 0 Å². The van der Waals surface area contributed by atoms with Crippen LogP contribution in [0.15, 0.2) is 0 Å². The highest BCUT2D eigenvalue weighted by Gasteiger charge is 2.27. The second kappa shape index (κ2) is 4.39. The fourth-order valence-electron chi connectivity index (χ4n) is 1.94. The van der Waals surface area contributed by atoms with Gasteiger partial charge in [0.25, 0.3) is 0 Å². The van der Waals surface area contributed by atoms with E-state index < -0.39 is 0 Å². The van der Waals surface area contributed by atoms with Crippen molar-refractivity contribution < 1.29 is 9.59 Å². The van der Waals surface area contributed by atoms with Gasteiger partial charge in [0.1, 0.15) is 12.1 Å². The first-order valence-electron chi connectivity index (χ1n) is 4.76. The summed E-state index contributed by atoms with van der Waals surface area (Å²) in [7, 11) is 0. The Balaban J connectivity index is 2.43. The highest BCUT2D eigenvalue weighted by Crippen LogP contribution is 2.28. The van der Waals surface area contributed by atoms with Crippen molar-refractivity contribution in [2.75, 3.05) is 0 Å². The van der Waals surface area contributed by atoms with Crippen molar-refractivity contribution in [1.29, 1.82) is 0 Å².